The minimum Gasteiger partial charge on any atom is -0.390 e. The molecule has 0 spiro atoms. The van der Waals surface area contributed by atoms with Crippen molar-refractivity contribution in [2.45, 2.75) is 37.6 Å². The monoisotopic (exact) mass is 265 g/mol. The third-order valence-corrected chi connectivity index (χ3v) is 4.58. The van der Waals surface area contributed by atoms with Crippen molar-refractivity contribution in [3.05, 3.63) is 0 Å². The summed E-state index contributed by atoms with van der Waals surface area (Å²) in [6, 6.07) is 0. The maximum atomic E-state index is 5.24. The number of rotatable bonds is 4. The van der Waals surface area contributed by atoms with Crippen molar-refractivity contribution in [2.75, 3.05) is 39.8 Å². The molecule has 0 radical (unpaired) electrons. The van der Waals surface area contributed by atoms with E-state index in [9.17, 15) is 0 Å². The van der Waals surface area contributed by atoms with Gasteiger partial charge in [-0.15, -0.1) is 0 Å². The average Bonchev–Trinajstić information content (AvgIpc) is 2.45. The first kappa shape index (κ1) is 14.5. The molecular weight excluding hydrogens is 238 g/mol. The Balaban J connectivity index is 2.01. The highest BCUT2D eigenvalue weighted by atomic mass is 15.3. The van der Waals surface area contributed by atoms with Crippen LogP contribution in [0.1, 0.15) is 32.1 Å². The average molecular weight is 265 g/mol. The molecule has 1 heterocycles. The van der Waals surface area contributed by atoms with E-state index in [0.717, 1.165) is 6.54 Å². The van der Waals surface area contributed by atoms with E-state index in [1.54, 1.807) is 6.34 Å². The summed E-state index contributed by atoms with van der Waals surface area (Å²) in [5.41, 5.74) is 5.52. The van der Waals surface area contributed by atoms with E-state index in [-0.39, 0.29) is 5.54 Å². The number of likely N-dealkylation sites (N-methyl/N-ethyl adjacent to an activating group) is 1. The largest absolute Gasteiger partial charge is 0.390 e. The van der Waals surface area contributed by atoms with Gasteiger partial charge in [0.25, 0.3) is 0 Å². The van der Waals surface area contributed by atoms with E-state index >= 15 is 0 Å². The summed E-state index contributed by atoms with van der Waals surface area (Å²) < 4.78 is 0. The second-order valence-corrected chi connectivity index (χ2v) is 5.83. The maximum Gasteiger partial charge on any atom is 0.111 e. The lowest BCUT2D eigenvalue weighted by molar-refractivity contribution is 0.0198. The molecule has 0 unspecified atom stereocenters. The zero-order chi connectivity index (χ0) is 13.6. The van der Waals surface area contributed by atoms with Crippen molar-refractivity contribution in [3.8, 4) is 0 Å². The first-order valence-corrected chi connectivity index (χ1v) is 7.42. The van der Waals surface area contributed by atoms with Gasteiger partial charge in [0.1, 0.15) is 6.34 Å². The van der Waals surface area contributed by atoms with Crippen LogP contribution in [-0.2, 0) is 0 Å². The molecule has 0 aromatic carbocycles. The molecule has 1 saturated carbocycles. The van der Waals surface area contributed by atoms with Crippen molar-refractivity contribution in [1.29, 1.82) is 0 Å². The summed E-state index contributed by atoms with van der Waals surface area (Å²) in [5.74, 6) is 0. The van der Waals surface area contributed by atoms with Gasteiger partial charge in [0.15, 0.2) is 0 Å². The summed E-state index contributed by atoms with van der Waals surface area (Å²) in [6.07, 6.45) is 9.50. The van der Waals surface area contributed by atoms with Crippen LogP contribution in [0.4, 0.5) is 0 Å². The standard InChI is InChI=1S/C14H27N5/c1-18-7-9-19(10-8-18)14(5-3-2-4-6-14)11-16-13-17-12-15/h12-13H,2-11H2,1H3,(H2,15,16,17). The second-order valence-electron chi connectivity index (χ2n) is 5.83. The molecule has 2 aliphatic rings. The zero-order valence-corrected chi connectivity index (χ0v) is 12.1. The normalized spacial score (nSPS) is 26.4. The van der Waals surface area contributed by atoms with E-state index in [1.807, 2.05) is 0 Å². The lowest BCUT2D eigenvalue weighted by Crippen LogP contribution is -2.58. The summed E-state index contributed by atoms with van der Waals surface area (Å²) >= 11 is 0. The van der Waals surface area contributed by atoms with Crippen molar-refractivity contribution in [3.63, 3.8) is 0 Å². The predicted molar refractivity (Wildman–Crippen MR) is 80.9 cm³/mol. The molecular formula is C14H27N5. The molecule has 2 fully saturated rings. The van der Waals surface area contributed by atoms with Crippen molar-refractivity contribution in [2.24, 2.45) is 15.7 Å². The third kappa shape index (κ3) is 3.76. The molecule has 2 N–H and O–H groups in total. The highest BCUT2D eigenvalue weighted by Crippen LogP contribution is 2.34. The molecule has 0 amide bonds. The van der Waals surface area contributed by atoms with E-state index in [0.29, 0.717) is 0 Å². The summed E-state index contributed by atoms with van der Waals surface area (Å²) in [5, 5.41) is 0. The van der Waals surface area contributed by atoms with Gasteiger partial charge in [0.2, 0.25) is 0 Å². The van der Waals surface area contributed by atoms with Crippen molar-refractivity contribution >= 4 is 12.7 Å². The van der Waals surface area contributed by atoms with Crippen molar-refractivity contribution < 1.29 is 0 Å². The maximum absolute atomic E-state index is 5.24. The van der Waals surface area contributed by atoms with Gasteiger partial charge >= 0.3 is 0 Å². The van der Waals surface area contributed by atoms with Crippen LogP contribution in [-0.4, -0.2) is 67.8 Å². The third-order valence-electron chi connectivity index (χ3n) is 4.58. The van der Waals surface area contributed by atoms with Crippen LogP contribution in [0.15, 0.2) is 9.98 Å². The lowest BCUT2D eigenvalue weighted by atomic mass is 9.80. The van der Waals surface area contributed by atoms with Gasteiger partial charge in [-0.2, -0.15) is 0 Å². The molecule has 0 atom stereocenters. The Morgan fingerprint density at radius 1 is 1.11 bits per heavy atom. The molecule has 1 aliphatic carbocycles. The topological polar surface area (TPSA) is 57.2 Å². The summed E-state index contributed by atoms with van der Waals surface area (Å²) in [4.78, 5) is 13.5. The molecule has 1 aliphatic heterocycles. The van der Waals surface area contributed by atoms with E-state index in [2.05, 4.69) is 26.8 Å². The first-order valence-electron chi connectivity index (χ1n) is 7.42. The van der Waals surface area contributed by atoms with E-state index in [1.165, 1.54) is 64.6 Å². The Bertz CT molecular complexity index is 312. The Labute approximate surface area is 116 Å². The van der Waals surface area contributed by atoms with E-state index < -0.39 is 0 Å². The summed E-state index contributed by atoms with van der Waals surface area (Å²) in [6.45, 7) is 5.56. The van der Waals surface area contributed by atoms with Crippen LogP contribution in [0.3, 0.4) is 0 Å². The molecule has 5 nitrogen and oxygen atoms in total. The van der Waals surface area contributed by atoms with Crippen LogP contribution in [0.2, 0.25) is 0 Å². The minimum atomic E-state index is 0.278. The zero-order valence-electron chi connectivity index (χ0n) is 12.1. The van der Waals surface area contributed by atoms with Gasteiger partial charge in [-0.3, -0.25) is 9.89 Å². The van der Waals surface area contributed by atoms with Crippen LogP contribution in [0, 0.1) is 0 Å². The second kappa shape index (κ2) is 7.01. The fraction of sp³-hybridized carbons (Fsp3) is 0.857. The lowest BCUT2D eigenvalue weighted by Gasteiger charge is -2.48. The van der Waals surface area contributed by atoms with Gasteiger partial charge in [0.05, 0.1) is 12.9 Å². The van der Waals surface area contributed by atoms with Crippen LogP contribution < -0.4 is 5.73 Å². The number of hydrogen-bond donors (Lipinski definition) is 1. The fourth-order valence-corrected chi connectivity index (χ4v) is 3.36. The number of nitrogens with two attached hydrogens (primary N) is 1. The highest BCUT2D eigenvalue weighted by Gasteiger charge is 2.38. The number of nitrogens with zero attached hydrogens (tertiary/aromatic N) is 4. The Morgan fingerprint density at radius 2 is 1.79 bits per heavy atom. The van der Waals surface area contributed by atoms with Gasteiger partial charge < -0.3 is 10.6 Å². The molecule has 2 rings (SSSR count). The van der Waals surface area contributed by atoms with E-state index in [4.69, 9.17) is 5.73 Å². The fourth-order valence-electron chi connectivity index (χ4n) is 3.36. The SMILES string of the molecule is CN1CCN(C2(CN=CN=CN)CCCCC2)CC1. The molecule has 0 aromatic rings. The summed E-state index contributed by atoms with van der Waals surface area (Å²) in [7, 11) is 2.21. The Hall–Kier alpha value is -0.940. The molecule has 0 bridgehead atoms. The first-order chi connectivity index (χ1) is 9.27. The molecule has 108 valence electrons. The molecule has 0 aromatic heterocycles. The van der Waals surface area contributed by atoms with Crippen LogP contribution in [0.25, 0.3) is 0 Å². The van der Waals surface area contributed by atoms with Gasteiger partial charge in [-0.05, 0) is 19.9 Å². The van der Waals surface area contributed by atoms with Crippen molar-refractivity contribution in [1.82, 2.24) is 9.80 Å². The van der Waals surface area contributed by atoms with Crippen LogP contribution >= 0.6 is 0 Å². The molecule has 1 saturated heterocycles. The Morgan fingerprint density at radius 3 is 2.42 bits per heavy atom. The van der Waals surface area contributed by atoms with Gasteiger partial charge in [-0.25, -0.2) is 4.99 Å². The van der Waals surface area contributed by atoms with Crippen LogP contribution in [0.5, 0.6) is 0 Å². The van der Waals surface area contributed by atoms with Gasteiger partial charge in [0, 0.05) is 31.7 Å². The highest BCUT2D eigenvalue weighted by molar-refractivity contribution is 5.69. The minimum absolute atomic E-state index is 0.278. The Kier molecular flexibility index (Phi) is 5.34. The quantitative estimate of drug-likeness (QED) is 0.608. The molecule has 5 heteroatoms. The number of aliphatic imine (C=N–C) groups is 2. The molecule has 19 heavy (non-hydrogen) atoms. The smallest absolute Gasteiger partial charge is 0.111 e. The van der Waals surface area contributed by atoms with Gasteiger partial charge in [-0.1, -0.05) is 19.3 Å². The predicted octanol–water partition coefficient (Wildman–Crippen LogP) is 0.952. The number of piperazine rings is 1. The number of hydrogen-bond acceptors (Lipinski definition) is 3.